The maximum absolute atomic E-state index is 12.8. The minimum atomic E-state index is -0.719. The molecule has 4 N–H and O–H groups in total. The fourth-order valence-corrected chi connectivity index (χ4v) is 3.86. The Hall–Kier alpha value is -3.13. The number of H-pyrrole nitrogens is 1. The molecule has 1 aliphatic heterocycles. The van der Waals surface area contributed by atoms with Crippen molar-refractivity contribution in [1.29, 1.82) is 0 Å². The molecule has 2 aromatic heterocycles. The van der Waals surface area contributed by atoms with Crippen molar-refractivity contribution in [3.05, 3.63) is 58.4 Å². The van der Waals surface area contributed by atoms with Gasteiger partial charge in [0.05, 0.1) is 4.88 Å². The molecule has 28 heavy (non-hydrogen) atoms. The first-order valence-electron chi connectivity index (χ1n) is 9.19. The lowest BCUT2D eigenvalue weighted by molar-refractivity contribution is -0.123. The van der Waals surface area contributed by atoms with Gasteiger partial charge in [-0.3, -0.25) is 25.4 Å². The fraction of sp³-hybridized carbons (Fsp3) is 0.250. The number of aromatic nitrogens is 1. The molecule has 1 aromatic carbocycles. The van der Waals surface area contributed by atoms with Crippen LogP contribution in [0.5, 0.6) is 0 Å². The number of amides is 2. The largest absolute Gasteiger partial charge is 0.361 e. The summed E-state index contributed by atoms with van der Waals surface area (Å²) in [5.41, 5.74) is 7.55. The first-order chi connectivity index (χ1) is 13.7. The van der Waals surface area contributed by atoms with Crippen LogP contribution in [0.4, 0.5) is 0 Å². The third-order valence-corrected chi connectivity index (χ3v) is 5.54. The highest BCUT2D eigenvalue weighted by Crippen LogP contribution is 2.19. The molecule has 4 rings (SSSR count). The third-order valence-electron chi connectivity index (χ3n) is 4.67. The minimum absolute atomic E-state index is 0.256. The van der Waals surface area contributed by atoms with Crippen molar-refractivity contribution in [1.82, 2.24) is 21.2 Å². The van der Waals surface area contributed by atoms with E-state index in [1.807, 2.05) is 41.9 Å². The molecule has 0 bridgehead atoms. The molecule has 7 nitrogen and oxygen atoms in total. The number of nitrogens with zero attached hydrogens (tertiary/aromatic N) is 1. The van der Waals surface area contributed by atoms with E-state index in [1.165, 1.54) is 11.3 Å². The Bertz CT molecular complexity index is 1010. The number of nitrogens with one attached hydrogen (secondary N) is 4. The summed E-state index contributed by atoms with van der Waals surface area (Å²) in [6.45, 7) is 0.770. The van der Waals surface area contributed by atoms with E-state index in [2.05, 4.69) is 26.1 Å². The standard InChI is InChI=1S/C20H21N5O2S/c26-19(25-24-18-8-3-9-21-18)16(23-20(27)17-7-4-10-28-17)11-13-12-22-15-6-2-1-5-14(13)15/h1-2,4-7,10,12,16,22H,3,8-9,11H2,(H,21,24)(H,23,27)(H,25,26)/t16-/m0/s1. The van der Waals surface area contributed by atoms with Gasteiger partial charge in [-0.25, -0.2) is 0 Å². The number of amidine groups is 1. The Kier molecular flexibility index (Phi) is 5.38. The maximum Gasteiger partial charge on any atom is 0.262 e. The van der Waals surface area contributed by atoms with Crippen LogP contribution in [0, 0.1) is 0 Å². The lowest BCUT2D eigenvalue weighted by Gasteiger charge is -2.18. The van der Waals surface area contributed by atoms with Crippen LogP contribution >= 0.6 is 11.3 Å². The smallest absolute Gasteiger partial charge is 0.262 e. The van der Waals surface area contributed by atoms with Crippen LogP contribution in [0.3, 0.4) is 0 Å². The highest BCUT2D eigenvalue weighted by atomic mass is 32.1. The molecular formula is C20H21N5O2S. The van der Waals surface area contributed by atoms with E-state index in [9.17, 15) is 9.59 Å². The van der Waals surface area contributed by atoms with E-state index < -0.39 is 6.04 Å². The van der Waals surface area contributed by atoms with Crippen LogP contribution in [0.15, 0.2) is 53.0 Å². The van der Waals surface area contributed by atoms with Crippen LogP contribution in [-0.2, 0) is 11.2 Å². The number of benzene rings is 1. The zero-order chi connectivity index (χ0) is 19.3. The van der Waals surface area contributed by atoms with Crippen molar-refractivity contribution >= 4 is 39.9 Å². The third kappa shape index (κ3) is 4.07. The Morgan fingerprint density at radius 1 is 1.21 bits per heavy atom. The molecule has 0 fully saturated rings. The zero-order valence-corrected chi connectivity index (χ0v) is 16.0. The molecule has 3 aromatic rings. The van der Waals surface area contributed by atoms with Gasteiger partial charge in [0.2, 0.25) is 0 Å². The Balaban J connectivity index is 1.51. The maximum atomic E-state index is 12.8. The zero-order valence-electron chi connectivity index (χ0n) is 15.2. The SMILES string of the molecule is O=C(N[C@@H](Cc1c[nH]c2ccccc12)C(=O)NNC1=NCCC1)c1cccs1. The summed E-state index contributed by atoms with van der Waals surface area (Å²) < 4.78 is 0. The predicted molar refractivity (Wildman–Crippen MR) is 110 cm³/mol. The monoisotopic (exact) mass is 395 g/mol. The number of carbonyl (C=O) groups excluding carboxylic acids is 2. The Morgan fingerprint density at radius 2 is 2.11 bits per heavy atom. The second kappa shape index (κ2) is 8.26. The minimum Gasteiger partial charge on any atom is -0.361 e. The molecular weight excluding hydrogens is 374 g/mol. The summed E-state index contributed by atoms with van der Waals surface area (Å²) in [5, 5.41) is 5.74. The molecule has 1 aliphatic rings. The van der Waals surface area contributed by atoms with Gasteiger partial charge >= 0.3 is 0 Å². The number of hydrazine groups is 1. The number of thiophene rings is 1. The summed E-state index contributed by atoms with van der Waals surface area (Å²) in [6.07, 6.45) is 4.05. The lowest BCUT2D eigenvalue weighted by atomic mass is 10.0. The van der Waals surface area contributed by atoms with Crippen LogP contribution in [0.25, 0.3) is 10.9 Å². The molecule has 0 radical (unpaired) electrons. The van der Waals surface area contributed by atoms with Crippen LogP contribution < -0.4 is 16.2 Å². The fourth-order valence-electron chi connectivity index (χ4n) is 3.23. The molecule has 0 unspecified atom stereocenters. The first kappa shape index (κ1) is 18.2. The van der Waals surface area contributed by atoms with Gasteiger partial charge in [-0.1, -0.05) is 24.3 Å². The highest BCUT2D eigenvalue weighted by molar-refractivity contribution is 7.12. The highest BCUT2D eigenvalue weighted by Gasteiger charge is 2.24. The molecule has 8 heteroatoms. The number of aliphatic imine (C=N–C) groups is 1. The molecule has 0 saturated carbocycles. The Labute approximate surface area is 166 Å². The Morgan fingerprint density at radius 3 is 2.89 bits per heavy atom. The van der Waals surface area contributed by atoms with Gasteiger partial charge in [0, 0.05) is 36.5 Å². The van der Waals surface area contributed by atoms with Gasteiger partial charge in [0.1, 0.15) is 11.9 Å². The summed E-state index contributed by atoms with van der Waals surface area (Å²) in [5.74, 6) is 0.210. The van der Waals surface area contributed by atoms with Crippen molar-refractivity contribution in [3.8, 4) is 0 Å². The molecule has 144 valence electrons. The van der Waals surface area contributed by atoms with E-state index in [0.29, 0.717) is 11.3 Å². The summed E-state index contributed by atoms with van der Waals surface area (Å²) >= 11 is 1.34. The number of fused-ring (bicyclic) bond motifs is 1. The van der Waals surface area contributed by atoms with Crippen LogP contribution in [0.1, 0.15) is 28.1 Å². The van der Waals surface area contributed by atoms with Gasteiger partial charge in [0.25, 0.3) is 11.8 Å². The van der Waals surface area contributed by atoms with Gasteiger partial charge in [-0.05, 0) is 29.5 Å². The number of hydrogen-bond acceptors (Lipinski definition) is 5. The van der Waals surface area contributed by atoms with Crippen molar-refractivity contribution in [2.45, 2.75) is 25.3 Å². The van der Waals surface area contributed by atoms with E-state index in [-0.39, 0.29) is 11.8 Å². The van der Waals surface area contributed by atoms with E-state index in [0.717, 1.165) is 41.7 Å². The van der Waals surface area contributed by atoms with Crippen molar-refractivity contribution in [3.63, 3.8) is 0 Å². The van der Waals surface area contributed by atoms with Gasteiger partial charge < -0.3 is 10.3 Å². The van der Waals surface area contributed by atoms with E-state index >= 15 is 0 Å². The molecule has 1 atom stereocenters. The average Bonchev–Trinajstić information content (AvgIpc) is 3.47. The van der Waals surface area contributed by atoms with Gasteiger partial charge in [-0.2, -0.15) is 0 Å². The van der Waals surface area contributed by atoms with E-state index in [1.54, 1.807) is 6.07 Å². The molecule has 0 aliphatic carbocycles. The normalized spacial score (nSPS) is 14.5. The molecule has 0 saturated heterocycles. The number of rotatable bonds is 5. The number of carbonyl (C=O) groups is 2. The van der Waals surface area contributed by atoms with Gasteiger partial charge in [-0.15, -0.1) is 11.3 Å². The molecule has 2 amide bonds. The summed E-state index contributed by atoms with van der Waals surface area (Å²) in [7, 11) is 0. The quantitative estimate of drug-likeness (QED) is 0.499. The number of para-hydroxylation sites is 1. The predicted octanol–water partition coefficient (Wildman–Crippen LogP) is 2.38. The van der Waals surface area contributed by atoms with Crippen LogP contribution in [0.2, 0.25) is 0 Å². The number of hydrogen-bond donors (Lipinski definition) is 4. The van der Waals surface area contributed by atoms with Crippen LogP contribution in [-0.4, -0.2) is 35.2 Å². The second-order valence-corrected chi connectivity index (χ2v) is 7.56. The topological polar surface area (TPSA) is 98.4 Å². The lowest BCUT2D eigenvalue weighted by Crippen LogP contribution is -2.52. The number of aromatic amines is 1. The second-order valence-electron chi connectivity index (χ2n) is 6.61. The average molecular weight is 395 g/mol. The molecule has 0 spiro atoms. The first-order valence-corrected chi connectivity index (χ1v) is 10.1. The van der Waals surface area contributed by atoms with Gasteiger partial charge in [0.15, 0.2) is 0 Å². The van der Waals surface area contributed by atoms with E-state index in [4.69, 9.17) is 0 Å². The molecule has 3 heterocycles. The summed E-state index contributed by atoms with van der Waals surface area (Å²) in [6, 6.07) is 10.7. The van der Waals surface area contributed by atoms with Crippen molar-refractivity contribution < 1.29 is 9.59 Å². The summed E-state index contributed by atoms with van der Waals surface area (Å²) in [4.78, 5) is 33.4. The van der Waals surface area contributed by atoms with Crippen molar-refractivity contribution in [2.75, 3.05) is 6.54 Å². The van der Waals surface area contributed by atoms with Crippen molar-refractivity contribution in [2.24, 2.45) is 4.99 Å².